The number of amides is 1. The van der Waals surface area contributed by atoms with E-state index in [1.807, 2.05) is 0 Å². The molecule has 0 aromatic rings. The van der Waals surface area contributed by atoms with E-state index in [4.69, 9.17) is 5.11 Å². The molecule has 2 atom stereocenters. The molecule has 1 amide bonds. The Labute approximate surface area is 101 Å². The van der Waals surface area contributed by atoms with Gasteiger partial charge < -0.3 is 10.4 Å². The van der Waals surface area contributed by atoms with E-state index in [-0.39, 0.29) is 5.91 Å². The molecule has 0 aromatic heterocycles. The maximum atomic E-state index is 10.8. The molecular formula is C11H21NO3S. The zero-order valence-electron chi connectivity index (χ0n) is 10.2. The van der Waals surface area contributed by atoms with Gasteiger partial charge in [0.15, 0.2) is 0 Å². The fourth-order valence-corrected chi connectivity index (χ4v) is 2.56. The van der Waals surface area contributed by atoms with E-state index in [2.05, 4.69) is 19.2 Å². The predicted molar refractivity (Wildman–Crippen MR) is 66.7 cm³/mol. The number of carbonyl (C=O) groups is 2. The molecule has 16 heavy (non-hydrogen) atoms. The van der Waals surface area contributed by atoms with E-state index in [9.17, 15) is 9.59 Å². The normalized spacial score (nSPS) is 14.2. The van der Waals surface area contributed by atoms with Crippen LogP contribution in [0.3, 0.4) is 0 Å². The topological polar surface area (TPSA) is 66.4 Å². The third-order valence-electron chi connectivity index (χ3n) is 2.18. The summed E-state index contributed by atoms with van der Waals surface area (Å²) in [5, 5.41) is 11.9. The molecule has 0 aliphatic rings. The van der Waals surface area contributed by atoms with Crippen molar-refractivity contribution in [1.29, 1.82) is 0 Å². The van der Waals surface area contributed by atoms with Crippen molar-refractivity contribution in [2.24, 2.45) is 0 Å². The Morgan fingerprint density at radius 2 is 2.00 bits per heavy atom. The van der Waals surface area contributed by atoms with E-state index in [0.717, 1.165) is 18.6 Å². The van der Waals surface area contributed by atoms with Gasteiger partial charge in [0.2, 0.25) is 5.91 Å². The van der Waals surface area contributed by atoms with Crippen molar-refractivity contribution in [3.63, 3.8) is 0 Å². The van der Waals surface area contributed by atoms with Gasteiger partial charge in [0.25, 0.3) is 0 Å². The monoisotopic (exact) mass is 247 g/mol. The largest absolute Gasteiger partial charge is 0.480 e. The summed E-state index contributed by atoms with van der Waals surface area (Å²) in [7, 11) is 0. The minimum absolute atomic E-state index is 0.293. The second-order valence-corrected chi connectivity index (χ2v) is 5.40. The van der Waals surface area contributed by atoms with Gasteiger partial charge in [-0.15, -0.1) is 0 Å². The molecule has 0 radical (unpaired) electrons. The Balaban J connectivity index is 3.84. The highest BCUT2D eigenvalue weighted by Crippen LogP contribution is 2.17. The average Bonchev–Trinajstić information content (AvgIpc) is 2.15. The SMILES string of the molecule is CCCC(C)SCCC(NC(C)=O)C(=O)O. The first kappa shape index (κ1) is 15.3. The number of aliphatic carboxylic acids is 1. The summed E-state index contributed by atoms with van der Waals surface area (Å²) < 4.78 is 0. The van der Waals surface area contributed by atoms with E-state index in [1.165, 1.54) is 6.92 Å². The lowest BCUT2D eigenvalue weighted by Gasteiger charge is -2.14. The van der Waals surface area contributed by atoms with Crippen LogP contribution in [0.15, 0.2) is 0 Å². The lowest BCUT2D eigenvalue weighted by atomic mass is 10.2. The van der Waals surface area contributed by atoms with Gasteiger partial charge in [-0.25, -0.2) is 4.79 Å². The molecule has 0 aliphatic carbocycles. The third kappa shape index (κ3) is 7.56. The Morgan fingerprint density at radius 1 is 1.38 bits per heavy atom. The first-order valence-corrected chi connectivity index (χ1v) is 6.63. The maximum Gasteiger partial charge on any atom is 0.326 e. The summed E-state index contributed by atoms with van der Waals surface area (Å²) in [6, 6.07) is -0.751. The Kier molecular flexibility index (Phi) is 8.07. The minimum Gasteiger partial charge on any atom is -0.480 e. The van der Waals surface area contributed by atoms with Crippen LogP contribution in [0.2, 0.25) is 0 Å². The van der Waals surface area contributed by atoms with Crippen LogP contribution < -0.4 is 5.32 Å². The number of rotatable bonds is 8. The van der Waals surface area contributed by atoms with Crippen molar-refractivity contribution in [3.05, 3.63) is 0 Å². The molecule has 0 fully saturated rings. The number of hydrogen-bond donors (Lipinski definition) is 2. The van der Waals surface area contributed by atoms with Crippen LogP contribution in [-0.4, -0.2) is 34.0 Å². The van der Waals surface area contributed by atoms with Gasteiger partial charge in [0.1, 0.15) is 6.04 Å². The summed E-state index contributed by atoms with van der Waals surface area (Å²) in [6.45, 7) is 5.61. The average molecular weight is 247 g/mol. The number of carboxylic acid groups (broad SMARTS) is 1. The van der Waals surface area contributed by atoms with E-state index in [0.29, 0.717) is 11.7 Å². The van der Waals surface area contributed by atoms with E-state index in [1.54, 1.807) is 11.8 Å². The summed E-state index contributed by atoms with van der Waals surface area (Å²) >= 11 is 1.76. The number of carboxylic acids is 1. The summed E-state index contributed by atoms with van der Waals surface area (Å²) in [5.41, 5.74) is 0. The van der Waals surface area contributed by atoms with Gasteiger partial charge in [0.05, 0.1) is 0 Å². The van der Waals surface area contributed by atoms with Gasteiger partial charge in [-0.05, 0) is 18.6 Å². The molecule has 2 N–H and O–H groups in total. The molecule has 94 valence electrons. The number of carbonyl (C=O) groups excluding carboxylic acids is 1. The fraction of sp³-hybridized carbons (Fsp3) is 0.818. The third-order valence-corrected chi connectivity index (χ3v) is 3.46. The highest BCUT2D eigenvalue weighted by Gasteiger charge is 2.18. The zero-order valence-corrected chi connectivity index (χ0v) is 11.0. The van der Waals surface area contributed by atoms with Crippen LogP contribution >= 0.6 is 11.8 Å². The first-order valence-electron chi connectivity index (χ1n) is 5.58. The molecule has 0 heterocycles. The van der Waals surface area contributed by atoms with Crippen LogP contribution in [0.25, 0.3) is 0 Å². The van der Waals surface area contributed by atoms with Crippen molar-refractivity contribution >= 4 is 23.6 Å². The quantitative estimate of drug-likeness (QED) is 0.687. The van der Waals surface area contributed by atoms with Crippen molar-refractivity contribution in [3.8, 4) is 0 Å². The summed E-state index contributed by atoms with van der Waals surface area (Å²) in [4.78, 5) is 21.6. The number of hydrogen-bond acceptors (Lipinski definition) is 3. The van der Waals surface area contributed by atoms with Crippen LogP contribution in [-0.2, 0) is 9.59 Å². The van der Waals surface area contributed by atoms with Crippen LogP contribution in [0.5, 0.6) is 0 Å². The fourth-order valence-electron chi connectivity index (χ4n) is 1.38. The van der Waals surface area contributed by atoms with E-state index >= 15 is 0 Å². The van der Waals surface area contributed by atoms with Gasteiger partial charge in [-0.2, -0.15) is 11.8 Å². The van der Waals surface area contributed by atoms with Crippen molar-refractivity contribution in [1.82, 2.24) is 5.32 Å². The highest BCUT2D eigenvalue weighted by molar-refractivity contribution is 7.99. The molecule has 0 saturated carbocycles. The minimum atomic E-state index is -0.959. The summed E-state index contributed by atoms with van der Waals surface area (Å²) in [5.74, 6) is -0.490. The van der Waals surface area contributed by atoms with Crippen LogP contribution in [0, 0.1) is 0 Å². The standard InChI is InChI=1S/C11H21NO3S/c1-4-5-8(2)16-7-6-10(11(14)15)12-9(3)13/h8,10H,4-7H2,1-3H3,(H,12,13)(H,14,15). The second-order valence-electron chi connectivity index (χ2n) is 3.85. The van der Waals surface area contributed by atoms with Crippen molar-refractivity contribution < 1.29 is 14.7 Å². The molecule has 5 heteroatoms. The maximum absolute atomic E-state index is 10.8. The molecule has 0 aliphatic heterocycles. The lowest BCUT2D eigenvalue weighted by molar-refractivity contribution is -0.141. The molecule has 0 bridgehead atoms. The number of thioether (sulfide) groups is 1. The molecule has 0 rings (SSSR count). The zero-order chi connectivity index (χ0) is 12.6. The molecule has 0 saturated heterocycles. The second kappa shape index (κ2) is 8.44. The Morgan fingerprint density at radius 3 is 2.44 bits per heavy atom. The van der Waals surface area contributed by atoms with Crippen molar-refractivity contribution in [2.75, 3.05) is 5.75 Å². The summed E-state index contributed by atoms with van der Waals surface area (Å²) in [6.07, 6.45) is 2.76. The lowest BCUT2D eigenvalue weighted by Crippen LogP contribution is -2.40. The Hall–Kier alpha value is -0.710. The molecular weight excluding hydrogens is 226 g/mol. The Bertz CT molecular complexity index is 233. The molecule has 4 nitrogen and oxygen atoms in total. The van der Waals surface area contributed by atoms with Gasteiger partial charge in [-0.3, -0.25) is 4.79 Å². The smallest absolute Gasteiger partial charge is 0.326 e. The van der Waals surface area contributed by atoms with Crippen LogP contribution in [0.1, 0.15) is 40.0 Å². The molecule has 0 aromatic carbocycles. The highest BCUT2D eigenvalue weighted by atomic mass is 32.2. The van der Waals surface area contributed by atoms with Gasteiger partial charge >= 0.3 is 5.97 Å². The molecule has 2 unspecified atom stereocenters. The van der Waals surface area contributed by atoms with Crippen molar-refractivity contribution in [2.45, 2.75) is 51.3 Å². The van der Waals surface area contributed by atoms with Crippen LogP contribution in [0.4, 0.5) is 0 Å². The first-order chi connectivity index (χ1) is 7.47. The van der Waals surface area contributed by atoms with E-state index < -0.39 is 12.0 Å². The van der Waals surface area contributed by atoms with Gasteiger partial charge in [0, 0.05) is 12.2 Å². The molecule has 0 spiro atoms. The number of nitrogens with one attached hydrogen (secondary N) is 1. The predicted octanol–water partition coefficient (Wildman–Crippen LogP) is 1.89. The van der Waals surface area contributed by atoms with Gasteiger partial charge in [-0.1, -0.05) is 20.3 Å².